The average molecular weight is 276 g/mol. The molecule has 0 radical (unpaired) electrons. The van der Waals surface area contributed by atoms with Crippen LogP contribution in [0.25, 0.3) is 0 Å². The lowest BCUT2D eigenvalue weighted by molar-refractivity contribution is -0.141. The maximum absolute atomic E-state index is 12.4. The molecule has 0 aliphatic carbocycles. The highest BCUT2D eigenvalue weighted by atomic mass is 19.4. The second-order valence-electron chi connectivity index (χ2n) is 4.24. The molecule has 0 aliphatic heterocycles. The van der Waals surface area contributed by atoms with E-state index in [1.165, 1.54) is 12.1 Å². The molecule has 1 atom stereocenters. The Labute approximate surface area is 108 Å². The van der Waals surface area contributed by atoms with Gasteiger partial charge in [0, 0.05) is 12.5 Å². The molecular weight excluding hydrogens is 261 g/mol. The van der Waals surface area contributed by atoms with E-state index in [9.17, 15) is 18.0 Å². The first-order chi connectivity index (χ1) is 8.79. The molecule has 0 saturated heterocycles. The van der Waals surface area contributed by atoms with E-state index in [0.717, 1.165) is 6.07 Å². The Bertz CT molecular complexity index is 435. The Morgan fingerprint density at radius 3 is 2.74 bits per heavy atom. The van der Waals surface area contributed by atoms with Crippen LogP contribution in [0.1, 0.15) is 31.9 Å². The van der Waals surface area contributed by atoms with Crippen molar-refractivity contribution in [3.05, 3.63) is 23.9 Å². The number of carboxylic acids is 1. The van der Waals surface area contributed by atoms with Crippen LogP contribution in [0.3, 0.4) is 0 Å². The van der Waals surface area contributed by atoms with E-state index < -0.39 is 17.8 Å². The molecule has 0 bridgehead atoms. The van der Waals surface area contributed by atoms with Crippen LogP contribution < -0.4 is 5.32 Å². The Morgan fingerprint density at radius 2 is 2.16 bits per heavy atom. The molecule has 1 aromatic rings. The van der Waals surface area contributed by atoms with E-state index in [4.69, 9.17) is 5.11 Å². The van der Waals surface area contributed by atoms with Crippen LogP contribution in [0.5, 0.6) is 0 Å². The number of alkyl halides is 3. The summed E-state index contributed by atoms with van der Waals surface area (Å²) >= 11 is 0. The molecular formula is C12H15F3N2O2. The Kier molecular flexibility index (Phi) is 5.14. The summed E-state index contributed by atoms with van der Waals surface area (Å²) in [5.74, 6) is -0.748. The summed E-state index contributed by atoms with van der Waals surface area (Å²) in [6.45, 7) is 1.77. The fourth-order valence-corrected chi connectivity index (χ4v) is 1.56. The van der Waals surface area contributed by atoms with E-state index in [1.54, 1.807) is 6.92 Å². The largest absolute Gasteiger partial charge is 0.481 e. The maximum Gasteiger partial charge on any atom is 0.433 e. The molecule has 0 spiro atoms. The predicted molar refractivity (Wildman–Crippen MR) is 63.8 cm³/mol. The fraction of sp³-hybridized carbons (Fsp3) is 0.500. The molecule has 1 heterocycles. The molecule has 1 aromatic heterocycles. The third-order valence-corrected chi connectivity index (χ3v) is 2.46. The molecule has 106 valence electrons. The van der Waals surface area contributed by atoms with Gasteiger partial charge in [0.1, 0.15) is 11.5 Å². The second kappa shape index (κ2) is 6.40. The van der Waals surface area contributed by atoms with Crippen molar-refractivity contribution >= 4 is 11.8 Å². The van der Waals surface area contributed by atoms with Gasteiger partial charge in [-0.05, 0) is 31.9 Å². The number of aromatic nitrogens is 1. The van der Waals surface area contributed by atoms with Gasteiger partial charge in [-0.15, -0.1) is 0 Å². The zero-order chi connectivity index (χ0) is 14.5. The molecule has 0 amide bonds. The number of anilines is 1. The van der Waals surface area contributed by atoms with Crippen molar-refractivity contribution in [1.82, 2.24) is 4.98 Å². The minimum atomic E-state index is -4.47. The Balaban J connectivity index is 2.55. The van der Waals surface area contributed by atoms with Crippen LogP contribution in [0.2, 0.25) is 0 Å². The minimum absolute atomic E-state index is 0.0437. The zero-order valence-electron chi connectivity index (χ0n) is 10.4. The summed E-state index contributed by atoms with van der Waals surface area (Å²) in [6, 6.07) is 3.49. The highest BCUT2D eigenvalue weighted by molar-refractivity contribution is 5.66. The van der Waals surface area contributed by atoms with Crippen LogP contribution in [-0.2, 0) is 11.0 Å². The summed E-state index contributed by atoms with van der Waals surface area (Å²) in [7, 11) is 0. The normalized spacial score (nSPS) is 13.1. The van der Waals surface area contributed by atoms with Gasteiger partial charge in [-0.3, -0.25) is 4.79 Å². The number of pyridine rings is 1. The Morgan fingerprint density at radius 1 is 1.47 bits per heavy atom. The third-order valence-electron chi connectivity index (χ3n) is 2.46. The number of carbonyl (C=O) groups is 1. The highest BCUT2D eigenvalue weighted by Gasteiger charge is 2.32. The molecule has 2 N–H and O–H groups in total. The van der Waals surface area contributed by atoms with Crippen molar-refractivity contribution in [3.63, 3.8) is 0 Å². The average Bonchev–Trinajstić information content (AvgIpc) is 2.27. The minimum Gasteiger partial charge on any atom is -0.481 e. The van der Waals surface area contributed by atoms with Crippen LogP contribution in [0.15, 0.2) is 18.2 Å². The van der Waals surface area contributed by atoms with Crippen molar-refractivity contribution in [1.29, 1.82) is 0 Å². The highest BCUT2D eigenvalue weighted by Crippen LogP contribution is 2.28. The first kappa shape index (κ1) is 15.3. The zero-order valence-corrected chi connectivity index (χ0v) is 10.4. The number of rotatable bonds is 6. The summed E-state index contributed by atoms with van der Waals surface area (Å²) in [6.07, 6.45) is -3.42. The van der Waals surface area contributed by atoms with Gasteiger partial charge in [-0.25, -0.2) is 4.98 Å². The van der Waals surface area contributed by atoms with Gasteiger partial charge in [0.15, 0.2) is 0 Å². The van der Waals surface area contributed by atoms with Gasteiger partial charge < -0.3 is 10.4 Å². The van der Waals surface area contributed by atoms with Crippen molar-refractivity contribution in [2.45, 2.75) is 38.4 Å². The maximum atomic E-state index is 12.4. The lowest BCUT2D eigenvalue weighted by Crippen LogP contribution is -2.18. The van der Waals surface area contributed by atoms with E-state index in [-0.39, 0.29) is 18.3 Å². The third kappa shape index (κ3) is 5.58. The molecule has 0 saturated carbocycles. The van der Waals surface area contributed by atoms with Crippen molar-refractivity contribution in [2.24, 2.45) is 0 Å². The number of carboxylic acid groups (broad SMARTS) is 1. The molecule has 19 heavy (non-hydrogen) atoms. The first-order valence-corrected chi connectivity index (χ1v) is 5.81. The number of aliphatic carboxylic acids is 1. The fourth-order valence-electron chi connectivity index (χ4n) is 1.56. The number of nitrogens with one attached hydrogen (secondary N) is 1. The molecule has 4 nitrogen and oxygen atoms in total. The van der Waals surface area contributed by atoms with Crippen molar-refractivity contribution in [3.8, 4) is 0 Å². The lowest BCUT2D eigenvalue weighted by Gasteiger charge is -2.15. The molecule has 0 fully saturated rings. The number of halogens is 3. The van der Waals surface area contributed by atoms with Gasteiger partial charge in [0.25, 0.3) is 0 Å². The quantitative estimate of drug-likeness (QED) is 0.837. The molecule has 0 aliphatic rings. The summed E-state index contributed by atoms with van der Waals surface area (Å²) in [5.41, 5.74) is -0.949. The topological polar surface area (TPSA) is 62.2 Å². The standard InChI is InChI=1S/C12H15F3N2O2/c1-8(4-2-7-11(18)19)16-10-6-3-5-9(17-10)12(13,14)15/h3,5-6,8H,2,4,7H2,1H3,(H,16,17)(H,18,19). The van der Waals surface area contributed by atoms with E-state index in [0.29, 0.717) is 12.8 Å². The van der Waals surface area contributed by atoms with Crippen LogP contribution in [-0.4, -0.2) is 22.1 Å². The second-order valence-corrected chi connectivity index (χ2v) is 4.24. The smallest absolute Gasteiger partial charge is 0.433 e. The predicted octanol–water partition coefficient (Wildman–Crippen LogP) is 3.16. The van der Waals surface area contributed by atoms with Crippen molar-refractivity contribution < 1.29 is 23.1 Å². The molecule has 1 rings (SSSR count). The Hall–Kier alpha value is -1.79. The van der Waals surface area contributed by atoms with E-state index >= 15 is 0 Å². The van der Waals surface area contributed by atoms with E-state index in [2.05, 4.69) is 10.3 Å². The van der Waals surface area contributed by atoms with Crippen LogP contribution >= 0.6 is 0 Å². The van der Waals surface area contributed by atoms with Crippen LogP contribution in [0.4, 0.5) is 19.0 Å². The number of hydrogen-bond donors (Lipinski definition) is 2. The molecule has 7 heteroatoms. The van der Waals surface area contributed by atoms with Crippen molar-refractivity contribution in [2.75, 3.05) is 5.32 Å². The molecule has 0 aromatic carbocycles. The SMILES string of the molecule is CC(CCCC(=O)O)Nc1cccc(C(F)(F)F)n1. The number of hydrogen-bond acceptors (Lipinski definition) is 3. The molecule has 1 unspecified atom stereocenters. The van der Waals surface area contributed by atoms with Gasteiger partial charge in [-0.2, -0.15) is 13.2 Å². The monoisotopic (exact) mass is 276 g/mol. The summed E-state index contributed by atoms with van der Waals surface area (Å²) in [5, 5.41) is 11.3. The van der Waals surface area contributed by atoms with Gasteiger partial charge in [0.2, 0.25) is 0 Å². The summed E-state index contributed by atoms with van der Waals surface area (Å²) in [4.78, 5) is 13.8. The lowest BCUT2D eigenvalue weighted by atomic mass is 10.1. The summed E-state index contributed by atoms with van der Waals surface area (Å²) < 4.78 is 37.3. The van der Waals surface area contributed by atoms with Crippen LogP contribution in [0, 0.1) is 0 Å². The number of nitrogens with zero attached hydrogens (tertiary/aromatic N) is 1. The van der Waals surface area contributed by atoms with Gasteiger partial charge >= 0.3 is 12.1 Å². The van der Waals surface area contributed by atoms with E-state index in [1.807, 2.05) is 0 Å². The van der Waals surface area contributed by atoms with Gasteiger partial charge in [0.05, 0.1) is 0 Å². The first-order valence-electron chi connectivity index (χ1n) is 5.81. The van der Waals surface area contributed by atoms with Gasteiger partial charge in [-0.1, -0.05) is 6.07 Å².